The first-order valence-corrected chi connectivity index (χ1v) is 9.25. The van der Waals surface area contributed by atoms with Crippen molar-refractivity contribution in [3.63, 3.8) is 0 Å². The predicted octanol–water partition coefficient (Wildman–Crippen LogP) is 4.41. The van der Waals surface area contributed by atoms with E-state index in [0.717, 1.165) is 41.5 Å². The zero-order valence-electron chi connectivity index (χ0n) is 14.3. The van der Waals surface area contributed by atoms with Crippen LogP contribution in [-0.4, -0.2) is 22.4 Å². The third kappa shape index (κ3) is 2.96. The van der Waals surface area contributed by atoms with Crippen molar-refractivity contribution in [3.8, 4) is 10.7 Å². The van der Waals surface area contributed by atoms with E-state index >= 15 is 0 Å². The van der Waals surface area contributed by atoms with Gasteiger partial charge in [-0.15, -0.1) is 11.3 Å². The summed E-state index contributed by atoms with van der Waals surface area (Å²) in [5.74, 6) is 0.0435. The Hall–Kier alpha value is -2.53. The largest absolute Gasteiger partial charge is 0.307 e. The Balaban J connectivity index is 1.70. The molecule has 0 unspecified atom stereocenters. The van der Waals surface area contributed by atoms with Crippen molar-refractivity contribution >= 4 is 22.9 Å². The van der Waals surface area contributed by atoms with Gasteiger partial charge in [0.15, 0.2) is 0 Å². The van der Waals surface area contributed by atoms with Crippen LogP contribution >= 0.6 is 11.3 Å². The highest BCUT2D eigenvalue weighted by atomic mass is 32.1. The second-order valence-electron chi connectivity index (χ2n) is 6.34. The van der Waals surface area contributed by atoms with Crippen LogP contribution in [0.4, 0.5) is 5.69 Å². The Bertz CT molecular complexity index is 933. The fourth-order valence-electron chi connectivity index (χ4n) is 3.25. The summed E-state index contributed by atoms with van der Waals surface area (Å²) >= 11 is 1.43. The Morgan fingerprint density at radius 2 is 2.08 bits per heavy atom. The first-order valence-electron chi connectivity index (χ1n) is 8.44. The summed E-state index contributed by atoms with van der Waals surface area (Å²) in [5, 5.41) is 0.794. The van der Waals surface area contributed by atoms with Crippen LogP contribution in [0.25, 0.3) is 10.7 Å². The van der Waals surface area contributed by atoms with Gasteiger partial charge in [0.05, 0.1) is 11.4 Å². The minimum atomic E-state index is 0.0435. The molecule has 0 N–H and O–H groups in total. The second-order valence-corrected chi connectivity index (χ2v) is 7.34. The zero-order valence-corrected chi connectivity index (χ0v) is 15.1. The van der Waals surface area contributed by atoms with Gasteiger partial charge in [0.1, 0.15) is 9.88 Å². The maximum Gasteiger partial charge on any atom is 0.270 e. The summed E-state index contributed by atoms with van der Waals surface area (Å²) in [6, 6.07) is 12.1. The van der Waals surface area contributed by atoms with Crippen molar-refractivity contribution < 1.29 is 4.79 Å². The van der Waals surface area contributed by atoms with Crippen LogP contribution in [0.5, 0.6) is 0 Å². The van der Waals surface area contributed by atoms with E-state index in [4.69, 9.17) is 0 Å². The number of hydrogen-bond donors (Lipinski definition) is 0. The van der Waals surface area contributed by atoms with E-state index in [9.17, 15) is 4.79 Å². The molecule has 2 aromatic heterocycles. The van der Waals surface area contributed by atoms with Crippen LogP contribution < -0.4 is 4.90 Å². The van der Waals surface area contributed by atoms with Crippen LogP contribution in [0, 0.1) is 13.8 Å². The van der Waals surface area contributed by atoms with Crippen molar-refractivity contribution in [2.75, 3.05) is 11.4 Å². The monoisotopic (exact) mass is 349 g/mol. The lowest BCUT2D eigenvalue weighted by Gasteiger charge is -2.29. The number of aromatic nitrogens is 2. The highest BCUT2D eigenvalue weighted by Gasteiger charge is 2.27. The molecule has 4 rings (SSSR count). The zero-order chi connectivity index (χ0) is 17.4. The molecule has 25 heavy (non-hydrogen) atoms. The van der Waals surface area contributed by atoms with Gasteiger partial charge in [0, 0.05) is 18.4 Å². The Kier molecular flexibility index (Phi) is 4.09. The van der Waals surface area contributed by atoms with E-state index in [-0.39, 0.29) is 5.91 Å². The molecule has 1 amide bonds. The molecular formula is C20H19N3OS. The molecule has 3 aromatic rings. The molecule has 126 valence electrons. The van der Waals surface area contributed by atoms with E-state index in [2.05, 4.69) is 35.1 Å². The van der Waals surface area contributed by atoms with Crippen molar-refractivity contribution in [1.29, 1.82) is 0 Å². The predicted molar refractivity (Wildman–Crippen MR) is 101 cm³/mol. The number of nitrogens with zero attached hydrogens (tertiary/aromatic N) is 3. The average molecular weight is 349 g/mol. The highest BCUT2D eigenvalue weighted by Crippen LogP contribution is 2.32. The maximum atomic E-state index is 13.2. The average Bonchev–Trinajstić information content (AvgIpc) is 3.03. The molecule has 4 nitrogen and oxygen atoms in total. The Morgan fingerprint density at radius 1 is 1.20 bits per heavy atom. The van der Waals surface area contributed by atoms with Crippen molar-refractivity contribution in [2.24, 2.45) is 0 Å². The molecule has 0 spiro atoms. The first-order chi connectivity index (χ1) is 12.1. The molecule has 5 heteroatoms. The van der Waals surface area contributed by atoms with Crippen LogP contribution in [0.15, 0.2) is 42.6 Å². The van der Waals surface area contributed by atoms with Gasteiger partial charge in [-0.05, 0) is 50.5 Å². The van der Waals surface area contributed by atoms with E-state index in [1.165, 1.54) is 22.5 Å². The van der Waals surface area contributed by atoms with Crippen LogP contribution in [-0.2, 0) is 6.42 Å². The molecule has 3 heterocycles. The van der Waals surface area contributed by atoms with Crippen LogP contribution in [0.1, 0.15) is 32.9 Å². The number of anilines is 1. The van der Waals surface area contributed by atoms with Gasteiger partial charge in [-0.2, -0.15) is 0 Å². The summed E-state index contributed by atoms with van der Waals surface area (Å²) in [7, 11) is 0. The van der Waals surface area contributed by atoms with Gasteiger partial charge in [0.2, 0.25) is 0 Å². The third-order valence-corrected chi connectivity index (χ3v) is 5.64. The van der Waals surface area contributed by atoms with Crippen molar-refractivity contribution in [1.82, 2.24) is 9.97 Å². The lowest BCUT2D eigenvalue weighted by Crippen LogP contribution is -2.35. The molecule has 0 bridgehead atoms. The summed E-state index contributed by atoms with van der Waals surface area (Å²) in [4.78, 5) is 24.7. The topological polar surface area (TPSA) is 46.1 Å². The normalized spacial score (nSPS) is 13.6. The highest BCUT2D eigenvalue weighted by molar-refractivity contribution is 7.17. The lowest BCUT2D eigenvalue weighted by molar-refractivity contribution is 0.0988. The van der Waals surface area contributed by atoms with Gasteiger partial charge < -0.3 is 4.90 Å². The number of amides is 1. The van der Waals surface area contributed by atoms with E-state index in [0.29, 0.717) is 4.88 Å². The number of aryl methyl sites for hydroxylation is 3. The minimum absolute atomic E-state index is 0.0435. The molecule has 1 aliphatic rings. The molecule has 1 aromatic carbocycles. The van der Waals surface area contributed by atoms with Crippen LogP contribution in [0.3, 0.4) is 0 Å². The summed E-state index contributed by atoms with van der Waals surface area (Å²) in [5.41, 5.74) is 5.11. The number of benzene rings is 1. The van der Waals surface area contributed by atoms with Gasteiger partial charge >= 0.3 is 0 Å². The molecule has 0 radical (unpaired) electrons. The number of carbonyl (C=O) groups excluding carboxylic acids is 1. The standard InChI is InChI=1S/C20H19N3OS/c1-13-8-9-17-15(12-13)6-5-11-23(17)20(24)18-14(2)22-19(25-18)16-7-3-4-10-21-16/h3-4,7-10,12H,5-6,11H2,1-2H3. The van der Waals surface area contributed by atoms with Crippen LogP contribution in [0.2, 0.25) is 0 Å². The van der Waals surface area contributed by atoms with Crippen molar-refractivity contribution in [2.45, 2.75) is 26.7 Å². The molecule has 0 saturated heterocycles. The molecule has 0 saturated carbocycles. The molecule has 0 fully saturated rings. The number of carbonyl (C=O) groups is 1. The molecule has 0 atom stereocenters. The van der Waals surface area contributed by atoms with E-state index in [1.54, 1.807) is 6.20 Å². The molecule has 0 aliphatic carbocycles. The quantitative estimate of drug-likeness (QED) is 0.688. The summed E-state index contributed by atoms with van der Waals surface area (Å²) in [6.07, 6.45) is 3.77. The molecular weight excluding hydrogens is 330 g/mol. The second kappa shape index (κ2) is 6.41. The summed E-state index contributed by atoms with van der Waals surface area (Å²) in [6.45, 7) is 4.74. The summed E-state index contributed by atoms with van der Waals surface area (Å²) < 4.78 is 0. The number of hydrogen-bond acceptors (Lipinski definition) is 4. The van der Waals surface area contributed by atoms with E-state index < -0.39 is 0 Å². The van der Waals surface area contributed by atoms with Crippen molar-refractivity contribution in [3.05, 3.63) is 64.3 Å². The van der Waals surface area contributed by atoms with Gasteiger partial charge in [-0.3, -0.25) is 9.78 Å². The van der Waals surface area contributed by atoms with E-state index in [1.807, 2.05) is 30.0 Å². The van der Waals surface area contributed by atoms with Gasteiger partial charge in [0.25, 0.3) is 5.91 Å². The number of thiazole rings is 1. The molecule has 1 aliphatic heterocycles. The first kappa shape index (κ1) is 16.0. The van der Waals surface area contributed by atoms with Gasteiger partial charge in [-0.1, -0.05) is 23.8 Å². The number of fused-ring (bicyclic) bond motifs is 1. The Labute approximate surface area is 151 Å². The smallest absolute Gasteiger partial charge is 0.270 e. The van der Waals surface area contributed by atoms with Gasteiger partial charge in [-0.25, -0.2) is 4.98 Å². The fraction of sp³-hybridized carbons (Fsp3) is 0.250. The minimum Gasteiger partial charge on any atom is -0.307 e. The SMILES string of the molecule is Cc1ccc2c(c1)CCCN2C(=O)c1sc(-c2ccccn2)nc1C. The maximum absolute atomic E-state index is 13.2. The lowest BCUT2D eigenvalue weighted by atomic mass is 9.99. The number of pyridine rings is 1. The Morgan fingerprint density at radius 3 is 2.88 bits per heavy atom. The fourth-order valence-corrected chi connectivity index (χ4v) is 4.25. The number of rotatable bonds is 2. The third-order valence-electron chi connectivity index (χ3n) is 4.47.